The van der Waals surface area contributed by atoms with Gasteiger partial charge in [-0.3, -0.25) is 0 Å². The van der Waals surface area contributed by atoms with Crippen molar-refractivity contribution in [3.05, 3.63) is 17.7 Å². The lowest BCUT2D eigenvalue weighted by atomic mass is 10.0. The van der Waals surface area contributed by atoms with Gasteiger partial charge in [0.15, 0.2) is 17.2 Å². The molecule has 3 N–H and O–H groups in total. The van der Waals surface area contributed by atoms with Crippen molar-refractivity contribution >= 4 is 0 Å². The van der Waals surface area contributed by atoms with Crippen molar-refractivity contribution in [2.24, 2.45) is 5.92 Å². The molecule has 0 bridgehead atoms. The van der Waals surface area contributed by atoms with Crippen molar-refractivity contribution in [3.63, 3.8) is 0 Å². The Morgan fingerprint density at radius 3 is 1.93 bits per heavy atom. The minimum Gasteiger partial charge on any atom is -0.504 e. The van der Waals surface area contributed by atoms with Gasteiger partial charge in [-0.25, -0.2) is 0 Å². The zero-order valence-corrected chi connectivity index (χ0v) is 7.68. The molecular weight excluding hydrogens is 196 g/mol. The fraction of sp³-hybridized carbons (Fsp3) is 0.200. The molecule has 1 rings (SSSR count). The molecule has 0 aliphatic rings. The standard InChI is InChI=1S/C10H8N2O3/c11-4-7(5-12)1-6-2-8(13)10(15)9(14)3-6/h2-3,7,13-15H,1H2. The van der Waals surface area contributed by atoms with Crippen molar-refractivity contribution < 1.29 is 15.3 Å². The van der Waals surface area contributed by atoms with Crippen LogP contribution in [0.5, 0.6) is 17.2 Å². The van der Waals surface area contributed by atoms with Gasteiger partial charge in [0.05, 0.1) is 12.1 Å². The van der Waals surface area contributed by atoms with E-state index in [-0.39, 0.29) is 6.42 Å². The van der Waals surface area contributed by atoms with Crippen LogP contribution in [-0.4, -0.2) is 15.3 Å². The van der Waals surface area contributed by atoms with Crippen LogP contribution in [0, 0.1) is 28.6 Å². The molecular formula is C10H8N2O3. The molecule has 0 aliphatic carbocycles. The monoisotopic (exact) mass is 204 g/mol. The molecule has 76 valence electrons. The number of aromatic hydroxyl groups is 3. The summed E-state index contributed by atoms with van der Waals surface area (Å²) in [5, 5.41) is 44.4. The van der Waals surface area contributed by atoms with E-state index in [1.54, 1.807) is 12.1 Å². The van der Waals surface area contributed by atoms with E-state index in [1.807, 2.05) is 0 Å². The highest BCUT2D eigenvalue weighted by molar-refractivity contribution is 5.51. The Labute approximate surface area is 86.1 Å². The first kappa shape index (κ1) is 10.7. The summed E-state index contributed by atoms with van der Waals surface area (Å²) in [6.07, 6.45) is 0.0917. The van der Waals surface area contributed by atoms with Gasteiger partial charge in [-0.2, -0.15) is 10.5 Å². The first-order valence-electron chi connectivity index (χ1n) is 4.11. The summed E-state index contributed by atoms with van der Waals surface area (Å²) < 4.78 is 0. The molecule has 0 aromatic heterocycles. The van der Waals surface area contributed by atoms with Crippen LogP contribution in [0.2, 0.25) is 0 Å². The third kappa shape index (κ3) is 2.29. The van der Waals surface area contributed by atoms with Gasteiger partial charge in [-0.1, -0.05) is 0 Å². The summed E-state index contributed by atoms with van der Waals surface area (Å²) in [6.45, 7) is 0. The zero-order chi connectivity index (χ0) is 11.4. The van der Waals surface area contributed by atoms with Gasteiger partial charge >= 0.3 is 0 Å². The Morgan fingerprint density at radius 1 is 1.07 bits per heavy atom. The molecule has 0 spiro atoms. The van der Waals surface area contributed by atoms with Gasteiger partial charge in [0.25, 0.3) is 0 Å². The van der Waals surface area contributed by atoms with E-state index in [0.29, 0.717) is 5.56 Å². The summed E-state index contributed by atoms with van der Waals surface area (Å²) in [4.78, 5) is 0. The third-order valence-corrected chi connectivity index (χ3v) is 1.88. The molecule has 0 saturated heterocycles. The molecule has 5 nitrogen and oxygen atoms in total. The van der Waals surface area contributed by atoms with Gasteiger partial charge < -0.3 is 15.3 Å². The van der Waals surface area contributed by atoms with E-state index in [9.17, 15) is 0 Å². The highest BCUT2D eigenvalue weighted by Crippen LogP contribution is 2.35. The van der Waals surface area contributed by atoms with Crippen LogP contribution >= 0.6 is 0 Å². The zero-order valence-electron chi connectivity index (χ0n) is 7.68. The predicted molar refractivity (Wildman–Crippen MR) is 49.9 cm³/mol. The summed E-state index contributed by atoms with van der Waals surface area (Å²) in [6, 6.07) is 5.94. The predicted octanol–water partition coefficient (Wildman–Crippen LogP) is 1.01. The first-order chi connectivity index (χ1) is 7.08. The molecule has 0 radical (unpaired) electrons. The molecule has 0 atom stereocenters. The Balaban J connectivity index is 2.99. The topological polar surface area (TPSA) is 108 Å². The molecule has 5 heteroatoms. The fourth-order valence-electron chi connectivity index (χ4n) is 1.13. The van der Waals surface area contributed by atoms with Crippen LogP contribution < -0.4 is 0 Å². The van der Waals surface area contributed by atoms with Crippen molar-refractivity contribution in [1.29, 1.82) is 10.5 Å². The molecule has 0 amide bonds. The van der Waals surface area contributed by atoms with Gasteiger partial charge in [-0.05, 0) is 17.7 Å². The minimum absolute atomic E-state index is 0.0917. The van der Waals surface area contributed by atoms with Gasteiger partial charge in [0, 0.05) is 6.42 Å². The van der Waals surface area contributed by atoms with E-state index in [0.717, 1.165) is 0 Å². The van der Waals surface area contributed by atoms with Crippen molar-refractivity contribution in [2.45, 2.75) is 6.42 Å². The van der Waals surface area contributed by atoms with Crippen LogP contribution in [0.3, 0.4) is 0 Å². The van der Waals surface area contributed by atoms with Crippen molar-refractivity contribution in [3.8, 4) is 29.4 Å². The Bertz CT molecular complexity index is 420. The maximum Gasteiger partial charge on any atom is 0.200 e. The second kappa shape index (κ2) is 4.21. The largest absolute Gasteiger partial charge is 0.504 e. The van der Waals surface area contributed by atoms with Crippen LogP contribution in [0.1, 0.15) is 5.56 Å². The van der Waals surface area contributed by atoms with E-state index in [4.69, 9.17) is 25.8 Å². The van der Waals surface area contributed by atoms with Crippen LogP contribution in [0.15, 0.2) is 12.1 Å². The number of phenols is 3. The molecule has 0 unspecified atom stereocenters. The highest BCUT2D eigenvalue weighted by Gasteiger charge is 2.12. The van der Waals surface area contributed by atoms with Gasteiger partial charge in [0.1, 0.15) is 5.92 Å². The first-order valence-corrected chi connectivity index (χ1v) is 4.11. The number of hydrogen-bond acceptors (Lipinski definition) is 5. The lowest BCUT2D eigenvalue weighted by Crippen LogP contribution is -1.98. The number of nitrogens with zero attached hydrogens (tertiary/aromatic N) is 2. The molecule has 0 saturated carbocycles. The Kier molecular flexibility index (Phi) is 3.00. The highest BCUT2D eigenvalue weighted by atomic mass is 16.3. The molecule has 0 fully saturated rings. The normalized spacial score (nSPS) is 9.53. The lowest BCUT2D eigenvalue weighted by molar-refractivity contribution is 0.367. The second-order valence-electron chi connectivity index (χ2n) is 3.00. The molecule has 0 heterocycles. The summed E-state index contributed by atoms with van der Waals surface area (Å²) in [5.74, 6) is -2.39. The number of hydrogen-bond donors (Lipinski definition) is 3. The second-order valence-corrected chi connectivity index (χ2v) is 3.00. The van der Waals surface area contributed by atoms with E-state index >= 15 is 0 Å². The average molecular weight is 204 g/mol. The summed E-state index contributed by atoms with van der Waals surface area (Å²) in [5.41, 5.74) is 0.413. The maximum atomic E-state index is 9.16. The van der Waals surface area contributed by atoms with E-state index < -0.39 is 23.2 Å². The number of benzene rings is 1. The lowest BCUT2D eigenvalue weighted by Gasteiger charge is -2.05. The van der Waals surface area contributed by atoms with Crippen molar-refractivity contribution in [1.82, 2.24) is 0 Å². The van der Waals surface area contributed by atoms with Gasteiger partial charge in [-0.15, -0.1) is 0 Å². The Morgan fingerprint density at radius 2 is 1.53 bits per heavy atom. The van der Waals surface area contributed by atoms with Gasteiger partial charge in [0.2, 0.25) is 0 Å². The fourth-order valence-corrected chi connectivity index (χ4v) is 1.13. The van der Waals surface area contributed by atoms with E-state index in [1.165, 1.54) is 12.1 Å². The average Bonchev–Trinajstić information content (AvgIpc) is 2.22. The summed E-state index contributed by atoms with van der Waals surface area (Å²) in [7, 11) is 0. The number of rotatable bonds is 2. The summed E-state index contributed by atoms with van der Waals surface area (Å²) >= 11 is 0. The minimum atomic E-state index is -0.839. The Hall–Kier alpha value is -2.40. The SMILES string of the molecule is N#CC(C#N)Cc1cc(O)c(O)c(O)c1. The van der Waals surface area contributed by atoms with Crippen LogP contribution in [0.25, 0.3) is 0 Å². The van der Waals surface area contributed by atoms with E-state index in [2.05, 4.69) is 0 Å². The quantitative estimate of drug-likeness (QED) is 0.623. The maximum absolute atomic E-state index is 9.16. The molecule has 1 aromatic rings. The number of phenolic OH excluding ortho intramolecular Hbond substituents is 3. The van der Waals surface area contributed by atoms with Crippen molar-refractivity contribution in [2.75, 3.05) is 0 Å². The number of nitriles is 2. The smallest absolute Gasteiger partial charge is 0.200 e. The van der Waals surface area contributed by atoms with Crippen LogP contribution in [-0.2, 0) is 6.42 Å². The molecule has 15 heavy (non-hydrogen) atoms. The van der Waals surface area contributed by atoms with Crippen LogP contribution in [0.4, 0.5) is 0 Å². The molecule has 1 aromatic carbocycles. The third-order valence-electron chi connectivity index (χ3n) is 1.88. The molecule has 0 aliphatic heterocycles.